The highest BCUT2D eigenvalue weighted by Crippen LogP contribution is 2.03. The van der Waals surface area contributed by atoms with Crippen molar-refractivity contribution in [2.75, 3.05) is 39.8 Å². The van der Waals surface area contributed by atoms with Crippen LogP contribution >= 0.6 is 0 Å². The maximum atomic E-state index is 12.8. The fourth-order valence-electron chi connectivity index (χ4n) is 3.93. The van der Waals surface area contributed by atoms with Gasteiger partial charge in [0.2, 0.25) is 0 Å². The van der Waals surface area contributed by atoms with Gasteiger partial charge in [-0.2, -0.15) is 0 Å². The van der Waals surface area contributed by atoms with Crippen LogP contribution in [-0.2, 0) is 11.3 Å². The van der Waals surface area contributed by atoms with Crippen LogP contribution in [0.4, 0.5) is 0 Å². The quantitative estimate of drug-likeness (QED) is 0.722. The Hall–Kier alpha value is -2.43. The lowest BCUT2D eigenvalue weighted by Crippen LogP contribution is -3.30. The lowest BCUT2D eigenvalue weighted by Gasteiger charge is -2.33. The molecule has 1 aliphatic heterocycles. The van der Waals surface area contributed by atoms with Gasteiger partial charge in [0, 0.05) is 13.6 Å². The molecule has 0 aliphatic carbocycles. The van der Waals surface area contributed by atoms with Gasteiger partial charge >= 0.3 is 0 Å². The molecule has 0 unspecified atom stereocenters. The third-order valence-electron chi connectivity index (χ3n) is 5.74. The van der Waals surface area contributed by atoms with Crippen molar-refractivity contribution in [1.82, 2.24) is 4.90 Å². The van der Waals surface area contributed by atoms with Crippen LogP contribution in [0.25, 0.3) is 6.08 Å². The van der Waals surface area contributed by atoms with Gasteiger partial charge in [-0.05, 0) is 24.1 Å². The number of rotatable bonds is 7. The summed E-state index contributed by atoms with van der Waals surface area (Å²) < 4.78 is 0. The molecule has 4 heteroatoms. The van der Waals surface area contributed by atoms with Crippen LogP contribution in [-0.4, -0.2) is 56.6 Å². The van der Waals surface area contributed by atoms with Crippen molar-refractivity contribution in [1.29, 1.82) is 0 Å². The Labute approximate surface area is 169 Å². The van der Waals surface area contributed by atoms with Gasteiger partial charge in [0.15, 0.2) is 6.04 Å². The highest BCUT2D eigenvalue weighted by atomic mass is 16.2. The molecular formula is C24H33N3O+2. The minimum atomic E-state index is 0.0233. The van der Waals surface area contributed by atoms with E-state index in [9.17, 15) is 4.79 Å². The smallest absolute Gasteiger partial charge is 0.280 e. The largest absolute Gasteiger partial charge is 0.336 e. The molecule has 0 radical (unpaired) electrons. The van der Waals surface area contributed by atoms with E-state index >= 15 is 0 Å². The van der Waals surface area contributed by atoms with E-state index in [-0.39, 0.29) is 11.9 Å². The number of amides is 1. The van der Waals surface area contributed by atoms with Gasteiger partial charge in [0.25, 0.3) is 5.91 Å². The SMILES string of the molecule is C[C@@H](C(=O)N(C)Cc1ccccc1)[NH+]1CC[NH+](C/C=C/c2ccccc2)CC1. The van der Waals surface area contributed by atoms with Crippen LogP contribution in [0, 0.1) is 0 Å². The Morgan fingerprint density at radius 3 is 2.25 bits per heavy atom. The van der Waals surface area contributed by atoms with E-state index in [0.29, 0.717) is 6.54 Å². The van der Waals surface area contributed by atoms with Gasteiger partial charge in [0.1, 0.15) is 26.2 Å². The summed E-state index contributed by atoms with van der Waals surface area (Å²) in [7, 11) is 1.92. The second kappa shape index (κ2) is 10.2. The Bertz CT molecular complexity index is 752. The van der Waals surface area contributed by atoms with E-state index in [1.54, 1.807) is 4.90 Å². The molecule has 0 saturated carbocycles. The van der Waals surface area contributed by atoms with Crippen molar-refractivity contribution < 1.29 is 14.6 Å². The maximum Gasteiger partial charge on any atom is 0.280 e. The number of likely N-dealkylation sites (N-methyl/N-ethyl adjacent to an activating group) is 1. The summed E-state index contributed by atoms with van der Waals surface area (Å²) in [5.41, 5.74) is 2.44. The third-order valence-corrected chi connectivity index (χ3v) is 5.74. The first-order valence-electron chi connectivity index (χ1n) is 10.3. The van der Waals surface area contributed by atoms with Gasteiger partial charge in [-0.1, -0.05) is 66.7 Å². The number of piperazine rings is 1. The van der Waals surface area contributed by atoms with Gasteiger partial charge in [-0.15, -0.1) is 0 Å². The van der Waals surface area contributed by atoms with Crippen molar-refractivity contribution in [3.63, 3.8) is 0 Å². The van der Waals surface area contributed by atoms with Crippen LogP contribution in [0.3, 0.4) is 0 Å². The van der Waals surface area contributed by atoms with Crippen LogP contribution in [0.1, 0.15) is 18.1 Å². The highest BCUT2D eigenvalue weighted by Gasteiger charge is 2.32. The first-order chi connectivity index (χ1) is 13.6. The first-order valence-corrected chi connectivity index (χ1v) is 10.3. The molecule has 0 bridgehead atoms. The number of benzene rings is 2. The molecule has 4 nitrogen and oxygen atoms in total. The highest BCUT2D eigenvalue weighted by molar-refractivity contribution is 5.79. The monoisotopic (exact) mass is 379 g/mol. The number of carbonyl (C=O) groups excluding carboxylic acids is 1. The third kappa shape index (κ3) is 5.78. The van der Waals surface area contributed by atoms with Crippen molar-refractivity contribution in [2.24, 2.45) is 0 Å². The fourth-order valence-corrected chi connectivity index (χ4v) is 3.93. The van der Waals surface area contributed by atoms with Gasteiger partial charge in [0.05, 0.1) is 6.54 Å². The molecule has 2 aromatic carbocycles. The summed E-state index contributed by atoms with van der Waals surface area (Å²) in [6.45, 7) is 8.17. The van der Waals surface area contributed by atoms with Crippen LogP contribution in [0.2, 0.25) is 0 Å². The van der Waals surface area contributed by atoms with Crippen LogP contribution < -0.4 is 9.80 Å². The fraction of sp³-hybridized carbons (Fsp3) is 0.375. The second-order valence-corrected chi connectivity index (χ2v) is 7.83. The van der Waals surface area contributed by atoms with E-state index in [4.69, 9.17) is 0 Å². The Morgan fingerprint density at radius 1 is 1.00 bits per heavy atom. The molecular weight excluding hydrogens is 346 g/mol. The first kappa shape index (κ1) is 20.3. The number of nitrogens with one attached hydrogen (secondary N) is 2. The molecule has 2 aromatic rings. The number of hydrogen-bond donors (Lipinski definition) is 2. The van der Waals surface area contributed by atoms with Crippen LogP contribution in [0.5, 0.6) is 0 Å². The van der Waals surface area contributed by atoms with Crippen molar-refractivity contribution in [2.45, 2.75) is 19.5 Å². The molecule has 1 heterocycles. The van der Waals surface area contributed by atoms with Gasteiger partial charge in [-0.3, -0.25) is 4.79 Å². The molecule has 28 heavy (non-hydrogen) atoms. The number of hydrogen-bond acceptors (Lipinski definition) is 1. The number of carbonyl (C=O) groups is 1. The van der Waals surface area contributed by atoms with E-state index in [1.165, 1.54) is 16.0 Å². The van der Waals surface area contributed by atoms with Crippen molar-refractivity contribution in [3.8, 4) is 0 Å². The zero-order valence-corrected chi connectivity index (χ0v) is 17.1. The summed E-state index contributed by atoms with van der Waals surface area (Å²) in [5, 5.41) is 0. The minimum absolute atomic E-state index is 0.0233. The standard InChI is InChI=1S/C24H31N3O/c1-21(24(28)25(2)20-23-12-7-4-8-13-23)27-18-16-26(17-19-27)15-9-14-22-10-5-3-6-11-22/h3-14,21H,15-20H2,1-2H3/p+2/b14-9+/t21-/m0/s1. The second-order valence-electron chi connectivity index (χ2n) is 7.83. The van der Waals surface area contributed by atoms with Crippen LogP contribution in [0.15, 0.2) is 66.7 Å². The van der Waals surface area contributed by atoms with Crippen molar-refractivity contribution in [3.05, 3.63) is 77.9 Å². The number of quaternary nitrogens is 2. The minimum Gasteiger partial charge on any atom is -0.336 e. The molecule has 2 N–H and O–H groups in total. The van der Waals surface area contributed by atoms with E-state index in [1.807, 2.05) is 36.2 Å². The normalized spacial score (nSPS) is 20.8. The average molecular weight is 380 g/mol. The zero-order valence-electron chi connectivity index (χ0n) is 17.1. The van der Waals surface area contributed by atoms with Crippen molar-refractivity contribution >= 4 is 12.0 Å². The molecule has 3 rings (SSSR count). The molecule has 0 aromatic heterocycles. The topological polar surface area (TPSA) is 29.2 Å². The molecule has 1 saturated heterocycles. The van der Waals surface area contributed by atoms with Gasteiger partial charge < -0.3 is 14.7 Å². The molecule has 1 fully saturated rings. The molecule has 148 valence electrons. The Kier molecular flexibility index (Phi) is 7.40. The zero-order chi connectivity index (χ0) is 19.8. The summed E-state index contributed by atoms with van der Waals surface area (Å²) in [5.74, 6) is 0.242. The average Bonchev–Trinajstić information content (AvgIpc) is 2.74. The Balaban J connectivity index is 1.43. The van der Waals surface area contributed by atoms with E-state index in [0.717, 1.165) is 32.7 Å². The summed E-state index contributed by atoms with van der Waals surface area (Å²) in [6.07, 6.45) is 4.48. The van der Waals surface area contributed by atoms with E-state index < -0.39 is 0 Å². The molecule has 1 amide bonds. The lowest BCUT2D eigenvalue weighted by molar-refractivity contribution is -1.02. The predicted molar refractivity (Wildman–Crippen MR) is 114 cm³/mol. The van der Waals surface area contributed by atoms with Gasteiger partial charge in [-0.25, -0.2) is 0 Å². The molecule has 1 aliphatic rings. The maximum absolute atomic E-state index is 12.8. The summed E-state index contributed by atoms with van der Waals surface area (Å²) >= 11 is 0. The molecule has 1 atom stereocenters. The predicted octanol–water partition coefficient (Wildman–Crippen LogP) is 0.530. The van der Waals surface area contributed by atoms with E-state index in [2.05, 4.69) is 55.5 Å². The molecule has 0 spiro atoms. The summed E-state index contributed by atoms with van der Waals surface area (Å²) in [6, 6.07) is 20.7. The lowest BCUT2D eigenvalue weighted by atomic mass is 10.1. The Morgan fingerprint density at radius 2 is 1.61 bits per heavy atom. The summed E-state index contributed by atoms with van der Waals surface area (Å²) in [4.78, 5) is 17.7. The number of nitrogens with zero attached hydrogens (tertiary/aromatic N) is 1.